The molecule has 0 spiro atoms. The second-order valence-electron chi connectivity index (χ2n) is 8.96. The predicted octanol–water partition coefficient (Wildman–Crippen LogP) is 6.80. The SMILES string of the molecule is Cc1ccc(-n2c(SCc3ccc(C(=O)Nc4ccc(C)c(C)c4)cc3)nnc2-c2cccnc2)cc1. The fourth-order valence-corrected chi connectivity index (χ4v) is 4.80. The molecule has 37 heavy (non-hydrogen) atoms. The second kappa shape index (κ2) is 10.8. The molecule has 0 aliphatic heterocycles. The van der Waals surface area contributed by atoms with Crippen LogP contribution < -0.4 is 5.32 Å². The summed E-state index contributed by atoms with van der Waals surface area (Å²) in [7, 11) is 0. The number of hydrogen-bond acceptors (Lipinski definition) is 5. The highest BCUT2D eigenvalue weighted by Gasteiger charge is 2.16. The van der Waals surface area contributed by atoms with Gasteiger partial charge in [0.1, 0.15) is 0 Å². The van der Waals surface area contributed by atoms with Crippen molar-refractivity contribution in [2.24, 2.45) is 0 Å². The lowest BCUT2D eigenvalue weighted by Gasteiger charge is -2.11. The summed E-state index contributed by atoms with van der Waals surface area (Å²) in [6.45, 7) is 6.16. The van der Waals surface area contributed by atoms with Gasteiger partial charge >= 0.3 is 0 Å². The summed E-state index contributed by atoms with van der Waals surface area (Å²) in [6, 6.07) is 25.8. The molecule has 2 heterocycles. The Morgan fingerprint density at radius 2 is 1.68 bits per heavy atom. The van der Waals surface area contributed by atoms with Gasteiger partial charge in [-0.3, -0.25) is 14.3 Å². The van der Waals surface area contributed by atoms with E-state index in [9.17, 15) is 4.79 Å². The number of thioether (sulfide) groups is 1. The van der Waals surface area contributed by atoms with E-state index in [-0.39, 0.29) is 5.91 Å². The molecule has 1 amide bonds. The van der Waals surface area contributed by atoms with Gasteiger partial charge in [0.05, 0.1) is 0 Å². The number of pyridine rings is 1. The molecule has 0 aliphatic rings. The first kappa shape index (κ1) is 24.5. The van der Waals surface area contributed by atoms with Gasteiger partial charge in [-0.25, -0.2) is 0 Å². The third-order valence-corrected chi connectivity index (χ3v) is 7.19. The van der Waals surface area contributed by atoms with Crippen molar-refractivity contribution in [2.45, 2.75) is 31.7 Å². The molecular weight excluding hydrogens is 478 g/mol. The molecule has 5 aromatic rings. The molecule has 0 atom stereocenters. The van der Waals surface area contributed by atoms with Crippen molar-refractivity contribution in [3.8, 4) is 17.1 Å². The van der Waals surface area contributed by atoms with Crippen LogP contribution in [0.15, 0.2) is 96.4 Å². The molecule has 0 bridgehead atoms. The number of hydrogen-bond donors (Lipinski definition) is 1. The molecule has 1 N–H and O–H groups in total. The number of anilines is 1. The molecule has 3 aromatic carbocycles. The number of rotatable bonds is 7. The van der Waals surface area contributed by atoms with Gasteiger partial charge < -0.3 is 5.32 Å². The largest absolute Gasteiger partial charge is 0.322 e. The van der Waals surface area contributed by atoms with Crippen LogP contribution in [-0.2, 0) is 5.75 Å². The third-order valence-electron chi connectivity index (χ3n) is 6.19. The zero-order valence-electron chi connectivity index (χ0n) is 21.0. The first-order valence-corrected chi connectivity index (χ1v) is 13.0. The van der Waals surface area contributed by atoms with E-state index in [1.54, 1.807) is 24.2 Å². The van der Waals surface area contributed by atoms with Crippen LogP contribution in [0.5, 0.6) is 0 Å². The Morgan fingerprint density at radius 1 is 0.892 bits per heavy atom. The number of carbonyl (C=O) groups excluding carboxylic acids is 1. The van der Waals surface area contributed by atoms with Crippen molar-refractivity contribution < 1.29 is 4.79 Å². The van der Waals surface area contributed by atoms with E-state index >= 15 is 0 Å². The molecule has 0 unspecified atom stereocenters. The molecule has 6 nitrogen and oxygen atoms in total. The summed E-state index contributed by atoms with van der Waals surface area (Å²) < 4.78 is 2.06. The van der Waals surface area contributed by atoms with Crippen molar-refractivity contribution in [2.75, 3.05) is 5.32 Å². The predicted molar refractivity (Wildman–Crippen MR) is 149 cm³/mol. The van der Waals surface area contributed by atoms with Crippen molar-refractivity contribution in [1.82, 2.24) is 19.7 Å². The highest BCUT2D eigenvalue weighted by molar-refractivity contribution is 7.98. The lowest BCUT2D eigenvalue weighted by Crippen LogP contribution is -2.12. The number of nitrogens with zero attached hydrogens (tertiary/aromatic N) is 4. The zero-order chi connectivity index (χ0) is 25.8. The van der Waals surface area contributed by atoms with Crippen molar-refractivity contribution in [1.29, 1.82) is 0 Å². The van der Waals surface area contributed by atoms with Gasteiger partial charge in [-0.05, 0) is 86.0 Å². The van der Waals surface area contributed by atoms with Gasteiger partial charge in [-0.1, -0.05) is 47.7 Å². The minimum atomic E-state index is -0.123. The maximum atomic E-state index is 12.7. The summed E-state index contributed by atoms with van der Waals surface area (Å²) >= 11 is 1.60. The van der Waals surface area contributed by atoms with E-state index in [0.717, 1.165) is 39.0 Å². The van der Waals surface area contributed by atoms with E-state index < -0.39 is 0 Å². The van der Waals surface area contributed by atoms with Crippen LogP contribution in [0.25, 0.3) is 17.1 Å². The summed E-state index contributed by atoms with van der Waals surface area (Å²) in [4.78, 5) is 17.0. The van der Waals surface area contributed by atoms with Crippen LogP contribution in [-0.4, -0.2) is 25.7 Å². The summed E-state index contributed by atoms with van der Waals surface area (Å²) in [6.07, 6.45) is 3.54. The minimum absolute atomic E-state index is 0.123. The summed E-state index contributed by atoms with van der Waals surface area (Å²) in [5.41, 5.74) is 7.95. The number of aromatic nitrogens is 4. The van der Waals surface area contributed by atoms with Crippen LogP contribution >= 0.6 is 11.8 Å². The molecule has 184 valence electrons. The standard InChI is InChI=1S/C30H27N5OS/c1-20-6-14-27(15-7-20)35-28(25-5-4-16-31-18-25)33-34-30(35)37-19-23-9-11-24(12-10-23)29(36)32-26-13-8-21(2)22(3)17-26/h4-18H,19H2,1-3H3,(H,32,36). The molecule has 0 radical (unpaired) electrons. The lowest BCUT2D eigenvalue weighted by molar-refractivity contribution is 0.102. The van der Waals surface area contributed by atoms with Gasteiger partial charge in [0.15, 0.2) is 11.0 Å². The minimum Gasteiger partial charge on any atom is -0.322 e. The zero-order valence-corrected chi connectivity index (χ0v) is 21.8. The molecule has 0 fully saturated rings. The topological polar surface area (TPSA) is 72.7 Å². The Bertz CT molecular complexity index is 1530. The molecule has 0 aliphatic carbocycles. The molecule has 0 saturated heterocycles. The normalized spacial score (nSPS) is 10.9. The Morgan fingerprint density at radius 3 is 2.38 bits per heavy atom. The van der Waals surface area contributed by atoms with Crippen molar-refractivity contribution in [3.63, 3.8) is 0 Å². The highest BCUT2D eigenvalue weighted by Crippen LogP contribution is 2.29. The first-order chi connectivity index (χ1) is 18.0. The fourth-order valence-electron chi connectivity index (χ4n) is 3.89. The van der Waals surface area contributed by atoms with Crippen LogP contribution in [0.1, 0.15) is 32.6 Å². The Balaban J connectivity index is 1.33. The number of benzene rings is 3. The molecule has 0 saturated carbocycles. The van der Waals surface area contributed by atoms with E-state index in [2.05, 4.69) is 63.2 Å². The molecule has 7 heteroatoms. The average molecular weight is 506 g/mol. The Hall–Kier alpha value is -4.23. The van der Waals surface area contributed by atoms with Crippen molar-refractivity contribution in [3.05, 3.63) is 119 Å². The van der Waals surface area contributed by atoms with E-state index in [4.69, 9.17) is 0 Å². The van der Waals surface area contributed by atoms with Crippen LogP contribution in [0.4, 0.5) is 5.69 Å². The Labute approximate surface area is 220 Å². The molecule has 2 aromatic heterocycles. The quantitative estimate of drug-likeness (QED) is 0.246. The smallest absolute Gasteiger partial charge is 0.255 e. The highest BCUT2D eigenvalue weighted by atomic mass is 32.2. The molecular formula is C30H27N5OS. The molecule has 5 rings (SSSR count). The first-order valence-electron chi connectivity index (χ1n) is 12.0. The van der Waals surface area contributed by atoms with Gasteiger partial charge in [0.2, 0.25) is 0 Å². The van der Waals surface area contributed by atoms with Crippen LogP contribution in [0.3, 0.4) is 0 Å². The van der Waals surface area contributed by atoms with Gasteiger partial charge in [-0.15, -0.1) is 10.2 Å². The Kier molecular flexibility index (Phi) is 7.14. The third kappa shape index (κ3) is 5.62. The van der Waals surface area contributed by atoms with E-state index in [1.165, 1.54) is 11.1 Å². The lowest BCUT2D eigenvalue weighted by atomic mass is 10.1. The van der Waals surface area contributed by atoms with Gasteiger partial charge in [-0.2, -0.15) is 0 Å². The maximum Gasteiger partial charge on any atom is 0.255 e. The van der Waals surface area contributed by atoms with Crippen LogP contribution in [0, 0.1) is 20.8 Å². The number of aryl methyl sites for hydroxylation is 3. The fraction of sp³-hybridized carbons (Fsp3) is 0.133. The number of amides is 1. The van der Waals surface area contributed by atoms with E-state index in [1.807, 2.05) is 61.5 Å². The average Bonchev–Trinajstić information content (AvgIpc) is 3.35. The van der Waals surface area contributed by atoms with E-state index in [0.29, 0.717) is 11.3 Å². The van der Waals surface area contributed by atoms with Gasteiger partial charge in [0.25, 0.3) is 5.91 Å². The van der Waals surface area contributed by atoms with Crippen LogP contribution in [0.2, 0.25) is 0 Å². The van der Waals surface area contributed by atoms with Gasteiger partial charge in [0, 0.05) is 40.6 Å². The van der Waals surface area contributed by atoms with Crippen molar-refractivity contribution >= 4 is 23.4 Å². The monoisotopic (exact) mass is 505 g/mol. The maximum absolute atomic E-state index is 12.7. The number of carbonyl (C=O) groups is 1. The summed E-state index contributed by atoms with van der Waals surface area (Å²) in [5, 5.41) is 12.8. The number of nitrogens with one attached hydrogen (secondary N) is 1. The second-order valence-corrected chi connectivity index (χ2v) is 9.90. The summed E-state index contributed by atoms with van der Waals surface area (Å²) in [5.74, 6) is 1.32.